The van der Waals surface area contributed by atoms with Crippen LogP contribution in [-0.4, -0.2) is 41.8 Å². The van der Waals surface area contributed by atoms with Gasteiger partial charge in [0, 0.05) is 11.0 Å². The van der Waals surface area contributed by atoms with E-state index in [0.29, 0.717) is 13.2 Å². The number of halogens is 1. The molecule has 1 saturated heterocycles. The first-order valence-electron chi connectivity index (χ1n) is 5.44. The first kappa shape index (κ1) is 12.5. The monoisotopic (exact) mass is 299 g/mol. The molecule has 1 atom stereocenters. The second-order valence-corrected chi connectivity index (χ2v) is 4.82. The number of morpholine rings is 1. The number of rotatable bonds is 3. The van der Waals surface area contributed by atoms with Gasteiger partial charge in [0.15, 0.2) is 0 Å². The predicted octanol–water partition coefficient (Wildman–Crippen LogP) is 1.17. The summed E-state index contributed by atoms with van der Waals surface area (Å²) < 4.78 is 6.09. The number of aliphatic hydroxyl groups excluding tert-OH is 1. The van der Waals surface area contributed by atoms with E-state index in [9.17, 15) is 9.90 Å². The average Bonchev–Trinajstić information content (AvgIpc) is 2.34. The molecule has 4 nitrogen and oxygen atoms in total. The third kappa shape index (κ3) is 2.86. The van der Waals surface area contributed by atoms with Gasteiger partial charge in [-0.3, -0.25) is 4.79 Å². The summed E-state index contributed by atoms with van der Waals surface area (Å²) in [5.74, 6) is -0.0777. The Morgan fingerprint density at radius 1 is 1.47 bits per heavy atom. The number of hydrogen-bond donors (Lipinski definition) is 1. The quantitative estimate of drug-likeness (QED) is 0.911. The van der Waals surface area contributed by atoms with Gasteiger partial charge >= 0.3 is 0 Å². The minimum atomic E-state index is -0.247. The van der Waals surface area contributed by atoms with Crippen molar-refractivity contribution in [2.24, 2.45) is 0 Å². The van der Waals surface area contributed by atoms with E-state index < -0.39 is 0 Å². The van der Waals surface area contributed by atoms with Crippen molar-refractivity contribution in [1.29, 1.82) is 0 Å². The van der Waals surface area contributed by atoms with Crippen LogP contribution in [0.4, 0.5) is 0 Å². The average molecular weight is 300 g/mol. The van der Waals surface area contributed by atoms with E-state index in [4.69, 9.17) is 4.74 Å². The highest BCUT2D eigenvalue weighted by Gasteiger charge is 2.28. The number of benzene rings is 1. The second kappa shape index (κ2) is 5.62. The van der Waals surface area contributed by atoms with Crippen molar-refractivity contribution < 1.29 is 14.6 Å². The summed E-state index contributed by atoms with van der Waals surface area (Å²) in [5.41, 5.74) is 1.03. The highest BCUT2D eigenvalue weighted by atomic mass is 79.9. The van der Waals surface area contributed by atoms with E-state index in [-0.39, 0.29) is 25.2 Å². The third-order valence-corrected chi connectivity index (χ3v) is 3.58. The Balaban J connectivity index is 2.15. The zero-order chi connectivity index (χ0) is 12.3. The molecule has 92 valence electrons. The summed E-state index contributed by atoms with van der Waals surface area (Å²) in [6.07, 6.45) is 0. The van der Waals surface area contributed by atoms with Gasteiger partial charge in [-0.05, 0) is 11.6 Å². The van der Waals surface area contributed by atoms with Crippen LogP contribution in [0.1, 0.15) is 5.56 Å². The number of amides is 1. The zero-order valence-electron chi connectivity index (χ0n) is 9.30. The van der Waals surface area contributed by atoms with Crippen molar-refractivity contribution in [3.63, 3.8) is 0 Å². The minimum Gasteiger partial charge on any atom is -0.394 e. The van der Waals surface area contributed by atoms with E-state index in [1.807, 2.05) is 24.3 Å². The SMILES string of the molecule is O=C1COCC(CO)N1Cc1ccccc1Br. The van der Waals surface area contributed by atoms with Crippen LogP contribution in [0.5, 0.6) is 0 Å². The molecule has 0 aromatic heterocycles. The Hall–Kier alpha value is -0.910. The van der Waals surface area contributed by atoms with E-state index >= 15 is 0 Å². The molecule has 0 bridgehead atoms. The highest BCUT2D eigenvalue weighted by Crippen LogP contribution is 2.20. The first-order chi connectivity index (χ1) is 8.22. The number of carbonyl (C=O) groups excluding carboxylic acids is 1. The lowest BCUT2D eigenvalue weighted by Gasteiger charge is -2.34. The van der Waals surface area contributed by atoms with Gasteiger partial charge in [0.25, 0.3) is 0 Å². The molecule has 1 heterocycles. The van der Waals surface area contributed by atoms with E-state index in [2.05, 4.69) is 15.9 Å². The lowest BCUT2D eigenvalue weighted by Crippen LogP contribution is -2.50. The van der Waals surface area contributed by atoms with Crippen LogP contribution < -0.4 is 0 Å². The van der Waals surface area contributed by atoms with Gasteiger partial charge in [-0.2, -0.15) is 0 Å². The fourth-order valence-corrected chi connectivity index (χ4v) is 2.25. The molecule has 1 fully saturated rings. The number of ether oxygens (including phenoxy) is 1. The Morgan fingerprint density at radius 3 is 2.94 bits per heavy atom. The molecule has 1 aliphatic rings. The maximum absolute atomic E-state index is 11.8. The van der Waals surface area contributed by atoms with Gasteiger partial charge in [-0.1, -0.05) is 34.1 Å². The van der Waals surface area contributed by atoms with Gasteiger partial charge in [0.05, 0.1) is 19.3 Å². The summed E-state index contributed by atoms with van der Waals surface area (Å²) in [7, 11) is 0. The van der Waals surface area contributed by atoms with Crippen molar-refractivity contribution in [3.8, 4) is 0 Å². The molecule has 2 rings (SSSR count). The maximum Gasteiger partial charge on any atom is 0.249 e. The Labute approximate surface area is 108 Å². The van der Waals surface area contributed by atoms with Gasteiger partial charge in [-0.15, -0.1) is 0 Å². The van der Waals surface area contributed by atoms with E-state index in [1.54, 1.807) is 4.90 Å². The fourth-order valence-electron chi connectivity index (χ4n) is 1.84. The molecule has 0 radical (unpaired) electrons. The lowest BCUT2D eigenvalue weighted by atomic mass is 10.1. The molecular weight excluding hydrogens is 286 g/mol. The maximum atomic E-state index is 11.8. The largest absolute Gasteiger partial charge is 0.394 e. The summed E-state index contributed by atoms with van der Waals surface area (Å²) in [4.78, 5) is 13.4. The van der Waals surface area contributed by atoms with Crippen LogP contribution in [-0.2, 0) is 16.1 Å². The van der Waals surface area contributed by atoms with Crippen LogP contribution in [0, 0.1) is 0 Å². The van der Waals surface area contributed by atoms with E-state index in [0.717, 1.165) is 10.0 Å². The molecule has 17 heavy (non-hydrogen) atoms. The van der Waals surface area contributed by atoms with Gasteiger partial charge < -0.3 is 14.7 Å². The van der Waals surface area contributed by atoms with Crippen LogP contribution in [0.15, 0.2) is 28.7 Å². The van der Waals surface area contributed by atoms with Gasteiger partial charge in [0.1, 0.15) is 6.61 Å². The smallest absolute Gasteiger partial charge is 0.249 e. The van der Waals surface area contributed by atoms with Crippen molar-refractivity contribution >= 4 is 21.8 Å². The van der Waals surface area contributed by atoms with E-state index in [1.165, 1.54) is 0 Å². The topological polar surface area (TPSA) is 49.8 Å². The van der Waals surface area contributed by atoms with Crippen molar-refractivity contribution in [2.75, 3.05) is 19.8 Å². The standard InChI is InChI=1S/C12H14BrNO3/c13-11-4-2-1-3-9(11)5-14-10(6-15)7-17-8-12(14)16/h1-4,10,15H,5-8H2. The Kier molecular flexibility index (Phi) is 4.15. The summed E-state index contributed by atoms with van der Waals surface area (Å²) in [5, 5.41) is 9.24. The molecule has 0 spiro atoms. The normalized spacial score (nSPS) is 20.7. The van der Waals surface area contributed by atoms with Crippen molar-refractivity contribution in [2.45, 2.75) is 12.6 Å². The summed E-state index contributed by atoms with van der Waals surface area (Å²) in [6, 6.07) is 7.51. The van der Waals surface area contributed by atoms with Gasteiger partial charge in [-0.25, -0.2) is 0 Å². The minimum absolute atomic E-state index is 0.0732. The predicted molar refractivity (Wildman–Crippen MR) is 66.4 cm³/mol. The lowest BCUT2D eigenvalue weighted by molar-refractivity contribution is -0.151. The molecule has 0 aliphatic carbocycles. The molecule has 1 unspecified atom stereocenters. The number of hydrogen-bond acceptors (Lipinski definition) is 3. The molecule has 1 aromatic rings. The molecule has 0 saturated carbocycles. The molecule has 5 heteroatoms. The first-order valence-corrected chi connectivity index (χ1v) is 6.23. The van der Waals surface area contributed by atoms with Crippen LogP contribution in [0.25, 0.3) is 0 Å². The molecular formula is C12H14BrNO3. The van der Waals surface area contributed by atoms with Crippen molar-refractivity contribution in [1.82, 2.24) is 4.90 Å². The number of carbonyl (C=O) groups is 1. The number of aliphatic hydroxyl groups is 1. The molecule has 1 aromatic carbocycles. The molecule has 1 N–H and O–H groups in total. The Bertz CT molecular complexity index is 410. The zero-order valence-corrected chi connectivity index (χ0v) is 10.9. The van der Waals surface area contributed by atoms with Gasteiger partial charge in [0.2, 0.25) is 5.91 Å². The van der Waals surface area contributed by atoms with Crippen molar-refractivity contribution in [3.05, 3.63) is 34.3 Å². The Morgan fingerprint density at radius 2 is 2.24 bits per heavy atom. The molecule has 1 aliphatic heterocycles. The fraction of sp³-hybridized carbons (Fsp3) is 0.417. The van der Waals surface area contributed by atoms with Crippen LogP contribution in [0.2, 0.25) is 0 Å². The molecule has 1 amide bonds. The highest BCUT2D eigenvalue weighted by molar-refractivity contribution is 9.10. The summed E-state index contributed by atoms with van der Waals surface area (Å²) in [6.45, 7) is 0.915. The van der Waals surface area contributed by atoms with Crippen LogP contribution in [0.3, 0.4) is 0 Å². The number of nitrogens with zero attached hydrogens (tertiary/aromatic N) is 1. The third-order valence-electron chi connectivity index (χ3n) is 2.81. The van der Waals surface area contributed by atoms with Crippen LogP contribution >= 0.6 is 15.9 Å². The summed E-state index contributed by atoms with van der Waals surface area (Å²) >= 11 is 3.45. The second-order valence-electron chi connectivity index (χ2n) is 3.96.